The van der Waals surface area contributed by atoms with E-state index < -0.39 is 0 Å². The second kappa shape index (κ2) is 10.6. The molecule has 4 rings (SSSR count). The Balaban J connectivity index is 1.53. The number of hydrogen-bond donors (Lipinski definition) is 0. The lowest BCUT2D eigenvalue weighted by Gasteiger charge is -2.17. The molecule has 0 aliphatic heterocycles. The summed E-state index contributed by atoms with van der Waals surface area (Å²) in [6.45, 7) is 0.496. The van der Waals surface area contributed by atoms with Gasteiger partial charge in [-0.2, -0.15) is 0 Å². The zero-order chi connectivity index (χ0) is 23.2. The second-order valence-electron chi connectivity index (χ2n) is 7.37. The van der Waals surface area contributed by atoms with E-state index in [1.807, 2.05) is 83.4 Å². The fourth-order valence-electron chi connectivity index (χ4n) is 3.33. The molecule has 33 heavy (non-hydrogen) atoms. The smallest absolute Gasteiger partial charge is 0.233 e. The Morgan fingerprint density at radius 2 is 1.79 bits per heavy atom. The molecule has 8 heteroatoms. The van der Waals surface area contributed by atoms with Gasteiger partial charge in [0, 0.05) is 29.9 Å². The van der Waals surface area contributed by atoms with Gasteiger partial charge in [0.1, 0.15) is 5.75 Å². The molecule has 0 unspecified atom stereocenters. The number of methoxy groups -OCH3 is 1. The molecule has 1 aromatic heterocycles. The molecule has 0 N–H and O–H groups in total. The number of halogens is 1. The predicted octanol–water partition coefficient (Wildman–Crippen LogP) is 5.35. The van der Waals surface area contributed by atoms with E-state index >= 15 is 0 Å². The summed E-state index contributed by atoms with van der Waals surface area (Å²) in [6.07, 6.45) is 0. The van der Waals surface area contributed by atoms with Gasteiger partial charge in [-0.3, -0.25) is 9.36 Å². The van der Waals surface area contributed by atoms with Crippen molar-refractivity contribution in [3.05, 3.63) is 89.4 Å². The molecule has 0 bridgehead atoms. The molecule has 0 radical (unpaired) electrons. The van der Waals surface area contributed by atoms with Crippen molar-refractivity contribution in [1.82, 2.24) is 19.7 Å². The molecule has 0 atom stereocenters. The van der Waals surface area contributed by atoms with Crippen molar-refractivity contribution in [3.8, 4) is 22.8 Å². The molecular weight excluding hydrogens is 456 g/mol. The molecule has 1 amide bonds. The maximum Gasteiger partial charge on any atom is 0.233 e. The summed E-state index contributed by atoms with van der Waals surface area (Å²) in [4.78, 5) is 14.5. The first-order chi connectivity index (χ1) is 16.0. The van der Waals surface area contributed by atoms with Crippen LogP contribution in [0.25, 0.3) is 17.1 Å². The third kappa shape index (κ3) is 5.56. The molecule has 168 valence electrons. The van der Waals surface area contributed by atoms with E-state index in [4.69, 9.17) is 16.3 Å². The van der Waals surface area contributed by atoms with Crippen molar-refractivity contribution in [1.29, 1.82) is 0 Å². The molecule has 0 aliphatic rings. The van der Waals surface area contributed by atoms with Crippen LogP contribution < -0.4 is 4.74 Å². The molecule has 0 saturated carbocycles. The Labute approximate surface area is 202 Å². The number of nitrogens with zero attached hydrogens (tertiary/aromatic N) is 4. The van der Waals surface area contributed by atoms with Gasteiger partial charge in [-0.05, 0) is 42.0 Å². The average Bonchev–Trinajstić information content (AvgIpc) is 3.27. The lowest BCUT2D eigenvalue weighted by molar-refractivity contribution is -0.127. The maximum atomic E-state index is 12.8. The highest BCUT2D eigenvalue weighted by atomic mass is 35.5. The standard InChI is InChI=1S/C25H23ClN4O2S/c1-29(16-18-7-6-10-22(15-18)32-2)23(31)17-33-25-28-27-24(19-8-4-3-5-9-19)30(25)21-13-11-20(26)12-14-21/h3-15H,16-17H2,1-2H3. The Morgan fingerprint density at radius 1 is 1.03 bits per heavy atom. The molecule has 0 spiro atoms. The minimum Gasteiger partial charge on any atom is -0.497 e. The van der Waals surface area contributed by atoms with Crippen molar-refractivity contribution in [2.45, 2.75) is 11.7 Å². The van der Waals surface area contributed by atoms with E-state index in [-0.39, 0.29) is 11.7 Å². The Kier molecular flexibility index (Phi) is 7.32. The molecule has 0 saturated heterocycles. The minimum absolute atomic E-state index is 0.00487. The number of benzene rings is 3. The normalized spacial score (nSPS) is 10.8. The van der Waals surface area contributed by atoms with Gasteiger partial charge in [0.05, 0.1) is 12.9 Å². The third-order valence-corrected chi connectivity index (χ3v) is 6.22. The van der Waals surface area contributed by atoms with E-state index in [9.17, 15) is 4.79 Å². The summed E-state index contributed by atoms with van der Waals surface area (Å²) in [5.74, 6) is 1.71. The quantitative estimate of drug-likeness (QED) is 0.319. The highest BCUT2D eigenvalue weighted by Crippen LogP contribution is 2.28. The number of amides is 1. The summed E-state index contributed by atoms with van der Waals surface area (Å²) >= 11 is 7.45. The number of hydrogen-bond acceptors (Lipinski definition) is 5. The summed E-state index contributed by atoms with van der Waals surface area (Å²) in [5, 5.41) is 10.1. The Morgan fingerprint density at radius 3 is 2.52 bits per heavy atom. The third-order valence-electron chi connectivity index (χ3n) is 5.05. The first-order valence-corrected chi connectivity index (χ1v) is 11.7. The molecular formula is C25H23ClN4O2S. The topological polar surface area (TPSA) is 60.2 Å². The minimum atomic E-state index is -0.00487. The van der Waals surface area contributed by atoms with Crippen molar-refractivity contribution in [3.63, 3.8) is 0 Å². The highest BCUT2D eigenvalue weighted by Gasteiger charge is 2.18. The summed E-state index contributed by atoms with van der Waals surface area (Å²) in [7, 11) is 3.42. The van der Waals surface area contributed by atoms with Gasteiger partial charge in [-0.15, -0.1) is 10.2 Å². The van der Waals surface area contributed by atoms with Crippen LogP contribution in [0.3, 0.4) is 0 Å². The van der Waals surface area contributed by atoms with Crippen LogP contribution in [-0.4, -0.2) is 45.5 Å². The number of thioether (sulfide) groups is 1. The van der Waals surface area contributed by atoms with Gasteiger partial charge in [0.15, 0.2) is 11.0 Å². The zero-order valence-corrected chi connectivity index (χ0v) is 19.9. The van der Waals surface area contributed by atoms with Crippen LogP contribution in [0.4, 0.5) is 0 Å². The van der Waals surface area contributed by atoms with Crippen LogP contribution in [0.2, 0.25) is 5.02 Å². The summed E-state index contributed by atoms with van der Waals surface area (Å²) in [5.41, 5.74) is 2.82. The van der Waals surface area contributed by atoms with Crippen molar-refractivity contribution in [2.24, 2.45) is 0 Å². The van der Waals surface area contributed by atoms with E-state index in [0.29, 0.717) is 22.5 Å². The SMILES string of the molecule is COc1cccc(CN(C)C(=O)CSc2nnc(-c3ccccc3)n2-c2ccc(Cl)cc2)c1. The summed E-state index contributed by atoms with van der Waals surface area (Å²) in [6, 6.07) is 25.0. The van der Waals surface area contributed by atoms with E-state index in [2.05, 4.69) is 10.2 Å². The highest BCUT2D eigenvalue weighted by molar-refractivity contribution is 7.99. The number of carbonyl (C=O) groups is 1. The zero-order valence-electron chi connectivity index (χ0n) is 18.3. The van der Waals surface area contributed by atoms with Gasteiger partial charge in [0.25, 0.3) is 0 Å². The van der Waals surface area contributed by atoms with Crippen molar-refractivity contribution >= 4 is 29.3 Å². The molecule has 0 fully saturated rings. The van der Waals surface area contributed by atoms with E-state index in [0.717, 1.165) is 22.6 Å². The largest absolute Gasteiger partial charge is 0.497 e. The van der Waals surface area contributed by atoms with E-state index in [1.54, 1.807) is 19.1 Å². The first-order valence-electron chi connectivity index (χ1n) is 10.3. The first kappa shape index (κ1) is 22.9. The maximum absolute atomic E-state index is 12.8. The van der Waals surface area contributed by atoms with Gasteiger partial charge in [-0.25, -0.2) is 0 Å². The lowest BCUT2D eigenvalue weighted by Crippen LogP contribution is -2.27. The fraction of sp³-hybridized carbons (Fsp3) is 0.160. The molecule has 0 aliphatic carbocycles. The van der Waals surface area contributed by atoms with Crippen LogP contribution in [-0.2, 0) is 11.3 Å². The predicted molar refractivity (Wildman–Crippen MR) is 132 cm³/mol. The molecule has 6 nitrogen and oxygen atoms in total. The molecule has 3 aromatic carbocycles. The number of carbonyl (C=O) groups excluding carboxylic acids is 1. The number of ether oxygens (including phenoxy) is 1. The Hall–Kier alpha value is -3.29. The van der Waals surface area contributed by atoms with Gasteiger partial charge in [-0.1, -0.05) is 65.8 Å². The lowest BCUT2D eigenvalue weighted by atomic mass is 10.2. The monoisotopic (exact) mass is 478 g/mol. The fourth-order valence-corrected chi connectivity index (χ4v) is 4.35. The van der Waals surface area contributed by atoms with Gasteiger partial charge in [0.2, 0.25) is 5.91 Å². The van der Waals surface area contributed by atoms with Crippen LogP contribution in [0, 0.1) is 0 Å². The van der Waals surface area contributed by atoms with E-state index in [1.165, 1.54) is 11.8 Å². The van der Waals surface area contributed by atoms with Crippen LogP contribution in [0.1, 0.15) is 5.56 Å². The number of aromatic nitrogens is 3. The second-order valence-corrected chi connectivity index (χ2v) is 8.75. The number of rotatable bonds is 8. The van der Waals surface area contributed by atoms with Crippen molar-refractivity contribution in [2.75, 3.05) is 19.9 Å². The van der Waals surface area contributed by atoms with Crippen LogP contribution in [0.5, 0.6) is 5.75 Å². The summed E-state index contributed by atoms with van der Waals surface area (Å²) < 4.78 is 7.22. The average molecular weight is 479 g/mol. The van der Waals surface area contributed by atoms with Gasteiger partial charge < -0.3 is 9.64 Å². The molecule has 1 heterocycles. The van der Waals surface area contributed by atoms with Crippen LogP contribution >= 0.6 is 23.4 Å². The Bertz CT molecular complexity index is 1230. The van der Waals surface area contributed by atoms with Crippen LogP contribution in [0.15, 0.2) is 84.0 Å². The van der Waals surface area contributed by atoms with Gasteiger partial charge >= 0.3 is 0 Å². The molecule has 4 aromatic rings. The van der Waals surface area contributed by atoms with Crippen molar-refractivity contribution < 1.29 is 9.53 Å².